The van der Waals surface area contributed by atoms with Gasteiger partial charge in [-0.15, -0.1) is 10.2 Å². The van der Waals surface area contributed by atoms with E-state index in [1.165, 1.54) is 21.3 Å². The number of ether oxygens (including phenoxy) is 2. The van der Waals surface area contributed by atoms with E-state index in [1.807, 2.05) is 0 Å². The third kappa shape index (κ3) is 3.56. The first-order valence-electron chi connectivity index (χ1n) is 7.19. The molecule has 1 heterocycles. The zero-order chi connectivity index (χ0) is 17.9. The maximum atomic E-state index is 12.0. The van der Waals surface area contributed by atoms with Gasteiger partial charge in [-0.05, 0) is 19.1 Å². The lowest BCUT2D eigenvalue weighted by Crippen LogP contribution is -2.30. The van der Waals surface area contributed by atoms with Crippen molar-refractivity contribution >= 4 is 17.7 Å². The second-order valence-electron chi connectivity index (χ2n) is 5.24. The Kier molecular flexibility index (Phi) is 5.55. The molecule has 2 N–H and O–H groups in total. The van der Waals surface area contributed by atoms with Gasteiger partial charge in [0.2, 0.25) is 11.1 Å². The summed E-state index contributed by atoms with van der Waals surface area (Å²) in [6, 6.07) is 5.33. The van der Waals surface area contributed by atoms with Crippen LogP contribution in [0.2, 0.25) is 0 Å². The maximum absolute atomic E-state index is 12.0. The van der Waals surface area contributed by atoms with Crippen molar-refractivity contribution in [3.8, 4) is 22.9 Å². The van der Waals surface area contributed by atoms with Crippen LogP contribution >= 0.6 is 11.8 Å². The van der Waals surface area contributed by atoms with E-state index in [1.54, 1.807) is 53.4 Å². The van der Waals surface area contributed by atoms with Crippen LogP contribution in [0.3, 0.4) is 0 Å². The van der Waals surface area contributed by atoms with Crippen LogP contribution in [-0.2, 0) is 4.79 Å². The molecule has 1 atom stereocenters. The molecule has 2 rings (SSSR count). The number of aromatic nitrogens is 3. The predicted octanol–water partition coefficient (Wildman–Crippen LogP) is 1.24. The molecule has 1 aromatic carbocycles. The Bertz CT molecular complexity index is 732. The van der Waals surface area contributed by atoms with E-state index >= 15 is 0 Å². The van der Waals surface area contributed by atoms with E-state index < -0.39 is 0 Å². The van der Waals surface area contributed by atoms with Crippen LogP contribution in [0.25, 0.3) is 11.4 Å². The van der Waals surface area contributed by atoms with Gasteiger partial charge in [0, 0.05) is 20.2 Å². The van der Waals surface area contributed by atoms with E-state index in [9.17, 15) is 4.79 Å². The molecule has 1 amide bonds. The average Bonchev–Trinajstić information content (AvgIpc) is 2.93. The number of carbonyl (C=O) groups excluding carboxylic acids is 1. The van der Waals surface area contributed by atoms with Crippen molar-refractivity contribution in [1.29, 1.82) is 0 Å². The number of amides is 1. The van der Waals surface area contributed by atoms with E-state index in [4.69, 9.17) is 15.3 Å². The van der Waals surface area contributed by atoms with E-state index in [0.717, 1.165) is 0 Å². The van der Waals surface area contributed by atoms with Crippen molar-refractivity contribution in [2.75, 3.05) is 34.2 Å². The van der Waals surface area contributed by atoms with Gasteiger partial charge in [0.15, 0.2) is 5.82 Å². The first-order valence-corrected chi connectivity index (χ1v) is 8.07. The molecular formula is C15H21N5O3S. The SMILES string of the molecule is COc1ccc(-c2nnc(S[C@H](C)C(=O)N(C)C)n2N)c(OC)c1. The number of methoxy groups -OCH3 is 2. The Morgan fingerprint density at radius 1 is 1.29 bits per heavy atom. The van der Waals surface area contributed by atoms with Gasteiger partial charge in [-0.3, -0.25) is 4.79 Å². The van der Waals surface area contributed by atoms with Crippen LogP contribution in [0.5, 0.6) is 11.5 Å². The van der Waals surface area contributed by atoms with Gasteiger partial charge >= 0.3 is 0 Å². The maximum Gasteiger partial charge on any atom is 0.235 e. The second kappa shape index (κ2) is 7.43. The number of rotatable bonds is 6. The summed E-state index contributed by atoms with van der Waals surface area (Å²) in [5.41, 5.74) is 0.687. The summed E-state index contributed by atoms with van der Waals surface area (Å²) in [6.07, 6.45) is 0. The van der Waals surface area contributed by atoms with Crippen LogP contribution in [0.4, 0.5) is 0 Å². The molecule has 24 heavy (non-hydrogen) atoms. The van der Waals surface area contributed by atoms with Gasteiger partial charge in [-0.25, -0.2) is 4.68 Å². The molecule has 0 radical (unpaired) electrons. The highest BCUT2D eigenvalue weighted by Crippen LogP contribution is 2.33. The Balaban J connectivity index is 2.32. The molecule has 0 bridgehead atoms. The number of hydrogen-bond acceptors (Lipinski definition) is 7. The largest absolute Gasteiger partial charge is 0.497 e. The summed E-state index contributed by atoms with van der Waals surface area (Å²) >= 11 is 1.25. The smallest absolute Gasteiger partial charge is 0.235 e. The molecule has 0 saturated carbocycles. The zero-order valence-electron chi connectivity index (χ0n) is 14.3. The summed E-state index contributed by atoms with van der Waals surface area (Å²) in [5.74, 6) is 7.77. The van der Waals surface area contributed by atoms with Gasteiger partial charge in [-0.2, -0.15) is 0 Å². The van der Waals surface area contributed by atoms with Crippen molar-refractivity contribution in [2.45, 2.75) is 17.3 Å². The van der Waals surface area contributed by atoms with Gasteiger partial charge in [0.05, 0.1) is 25.0 Å². The number of nitrogens with zero attached hydrogens (tertiary/aromatic N) is 4. The van der Waals surface area contributed by atoms with Gasteiger partial charge in [0.1, 0.15) is 11.5 Å². The molecule has 0 unspecified atom stereocenters. The Labute approximate surface area is 144 Å². The van der Waals surface area contributed by atoms with Crippen molar-refractivity contribution in [1.82, 2.24) is 19.8 Å². The molecular weight excluding hydrogens is 330 g/mol. The number of carbonyl (C=O) groups is 1. The highest BCUT2D eigenvalue weighted by atomic mass is 32.2. The van der Waals surface area contributed by atoms with Crippen LogP contribution in [-0.4, -0.2) is 59.2 Å². The van der Waals surface area contributed by atoms with Crippen LogP contribution in [0.1, 0.15) is 6.92 Å². The Morgan fingerprint density at radius 2 is 2.00 bits per heavy atom. The molecule has 0 spiro atoms. The van der Waals surface area contributed by atoms with Crippen LogP contribution in [0, 0.1) is 0 Å². The molecule has 1 aromatic heterocycles. The minimum Gasteiger partial charge on any atom is -0.497 e. The molecule has 9 heteroatoms. The van der Waals surface area contributed by atoms with E-state index in [2.05, 4.69) is 10.2 Å². The summed E-state index contributed by atoms with van der Waals surface area (Å²) in [6.45, 7) is 1.80. The van der Waals surface area contributed by atoms with Crippen molar-refractivity contribution in [3.63, 3.8) is 0 Å². The molecule has 0 saturated heterocycles. The monoisotopic (exact) mass is 351 g/mol. The lowest BCUT2D eigenvalue weighted by molar-refractivity contribution is -0.127. The first-order chi connectivity index (χ1) is 11.4. The standard InChI is InChI=1S/C15H21N5O3S/c1-9(14(21)19(2)3)24-15-18-17-13(20(15)16)11-7-6-10(22-4)8-12(11)23-5/h6-9H,16H2,1-5H3/t9-/m1/s1. The van der Waals surface area contributed by atoms with E-state index in [0.29, 0.717) is 28.0 Å². The number of nitrogen functional groups attached to an aromatic ring is 1. The normalized spacial score (nSPS) is 11.9. The Morgan fingerprint density at radius 3 is 2.58 bits per heavy atom. The summed E-state index contributed by atoms with van der Waals surface area (Å²) in [4.78, 5) is 13.5. The third-order valence-corrected chi connectivity index (χ3v) is 4.43. The third-order valence-electron chi connectivity index (χ3n) is 3.38. The number of benzene rings is 1. The highest BCUT2D eigenvalue weighted by Gasteiger charge is 2.22. The minimum atomic E-state index is -0.322. The molecule has 0 fully saturated rings. The fourth-order valence-corrected chi connectivity index (χ4v) is 3.01. The van der Waals surface area contributed by atoms with Crippen molar-refractivity contribution in [2.24, 2.45) is 0 Å². The average molecular weight is 351 g/mol. The number of hydrogen-bond donors (Lipinski definition) is 1. The van der Waals surface area contributed by atoms with E-state index in [-0.39, 0.29) is 11.2 Å². The lowest BCUT2D eigenvalue weighted by atomic mass is 10.2. The minimum absolute atomic E-state index is 0.0217. The zero-order valence-corrected chi connectivity index (χ0v) is 15.1. The van der Waals surface area contributed by atoms with Crippen molar-refractivity contribution in [3.05, 3.63) is 18.2 Å². The van der Waals surface area contributed by atoms with Gasteiger partial charge in [0.25, 0.3) is 0 Å². The van der Waals surface area contributed by atoms with Crippen molar-refractivity contribution < 1.29 is 14.3 Å². The summed E-state index contributed by atoms with van der Waals surface area (Å²) in [5, 5.41) is 8.34. The molecule has 130 valence electrons. The highest BCUT2D eigenvalue weighted by molar-refractivity contribution is 8.00. The summed E-state index contributed by atoms with van der Waals surface area (Å²) < 4.78 is 11.9. The fraction of sp³-hybridized carbons (Fsp3) is 0.400. The molecule has 2 aromatic rings. The molecule has 0 aliphatic carbocycles. The second-order valence-corrected chi connectivity index (χ2v) is 6.54. The fourth-order valence-electron chi connectivity index (χ4n) is 2.10. The molecule has 0 aliphatic rings. The quantitative estimate of drug-likeness (QED) is 0.618. The Hall–Kier alpha value is -2.42. The van der Waals surface area contributed by atoms with Gasteiger partial charge < -0.3 is 20.2 Å². The molecule has 0 aliphatic heterocycles. The summed E-state index contributed by atoms with van der Waals surface area (Å²) in [7, 11) is 6.56. The first kappa shape index (κ1) is 17.9. The lowest BCUT2D eigenvalue weighted by Gasteiger charge is -2.15. The number of nitrogens with two attached hydrogens (primary N) is 1. The predicted molar refractivity (Wildman–Crippen MR) is 92.7 cm³/mol. The topological polar surface area (TPSA) is 95.5 Å². The van der Waals surface area contributed by atoms with Crippen LogP contribution < -0.4 is 15.3 Å². The van der Waals surface area contributed by atoms with Crippen LogP contribution in [0.15, 0.2) is 23.4 Å². The number of thioether (sulfide) groups is 1. The van der Waals surface area contributed by atoms with Gasteiger partial charge in [-0.1, -0.05) is 11.8 Å². The molecule has 8 nitrogen and oxygen atoms in total.